The van der Waals surface area contributed by atoms with Gasteiger partial charge in [0.25, 0.3) is 0 Å². The van der Waals surface area contributed by atoms with Crippen molar-refractivity contribution < 1.29 is 4.74 Å². The van der Waals surface area contributed by atoms with Gasteiger partial charge in [-0.1, -0.05) is 18.7 Å². The van der Waals surface area contributed by atoms with Crippen molar-refractivity contribution in [1.29, 1.82) is 5.41 Å². The molecule has 4 N–H and O–H groups in total. The van der Waals surface area contributed by atoms with Crippen molar-refractivity contribution in [2.75, 3.05) is 7.11 Å². The van der Waals surface area contributed by atoms with Crippen molar-refractivity contribution >= 4 is 28.6 Å². The molecule has 0 aliphatic heterocycles. The summed E-state index contributed by atoms with van der Waals surface area (Å²) in [6.45, 7) is 2.00. The summed E-state index contributed by atoms with van der Waals surface area (Å²) in [5.41, 5.74) is 7.35. The summed E-state index contributed by atoms with van der Waals surface area (Å²) in [5, 5.41) is 8.24. The van der Waals surface area contributed by atoms with Crippen molar-refractivity contribution in [3.8, 4) is 5.75 Å². The zero-order valence-corrected chi connectivity index (χ0v) is 11.2. The molecule has 1 aromatic heterocycles. The first-order valence-electron chi connectivity index (χ1n) is 5.68. The lowest BCUT2D eigenvalue weighted by Crippen LogP contribution is -2.24. The molecule has 0 spiro atoms. The molecule has 2 rings (SSSR count). The summed E-state index contributed by atoms with van der Waals surface area (Å²) in [6, 6.07) is 5.68. The molecule has 2 aromatic rings. The minimum absolute atomic E-state index is 0.0348. The van der Waals surface area contributed by atoms with Crippen LogP contribution in [-0.2, 0) is 0 Å². The second-order valence-corrected chi connectivity index (χ2v) is 5.09. The van der Waals surface area contributed by atoms with Crippen LogP contribution in [0.1, 0.15) is 13.3 Å². The lowest BCUT2D eigenvalue weighted by molar-refractivity contribution is 0.415. The molecule has 0 saturated carbocycles. The van der Waals surface area contributed by atoms with Gasteiger partial charge in [-0.25, -0.2) is 4.98 Å². The smallest absolute Gasteiger partial charge is 0.167 e. The molecule has 0 fully saturated rings. The number of hydrogen-bond donors (Lipinski definition) is 3. The SMILES string of the molecule is CCC(Sc1nc2ccc(OC)cc2[nH]1)C(=N)N. The van der Waals surface area contributed by atoms with Crippen LogP contribution in [0.2, 0.25) is 0 Å². The summed E-state index contributed by atoms with van der Waals surface area (Å²) in [6.07, 6.45) is 0.806. The fourth-order valence-electron chi connectivity index (χ4n) is 1.65. The van der Waals surface area contributed by atoms with Gasteiger partial charge in [-0.3, -0.25) is 5.41 Å². The number of methoxy groups -OCH3 is 1. The first-order chi connectivity index (χ1) is 8.63. The maximum absolute atomic E-state index is 7.49. The van der Waals surface area contributed by atoms with Gasteiger partial charge in [-0.2, -0.15) is 0 Å². The van der Waals surface area contributed by atoms with Crippen molar-refractivity contribution in [3.05, 3.63) is 18.2 Å². The highest BCUT2D eigenvalue weighted by Crippen LogP contribution is 2.26. The summed E-state index contributed by atoms with van der Waals surface area (Å²) in [5.74, 6) is 0.974. The molecule has 6 heteroatoms. The summed E-state index contributed by atoms with van der Waals surface area (Å²) in [7, 11) is 1.63. The molecule has 96 valence electrons. The topological polar surface area (TPSA) is 87.8 Å². The van der Waals surface area contributed by atoms with Crippen LogP contribution < -0.4 is 10.5 Å². The predicted octanol–water partition coefficient (Wildman–Crippen LogP) is 2.38. The van der Waals surface area contributed by atoms with Crippen molar-refractivity contribution in [1.82, 2.24) is 9.97 Å². The van der Waals surface area contributed by atoms with E-state index in [4.69, 9.17) is 15.9 Å². The number of nitrogens with zero attached hydrogens (tertiary/aromatic N) is 1. The number of benzene rings is 1. The van der Waals surface area contributed by atoms with E-state index in [1.165, 1.54) is 11.8 Å². The van der Waals surface area contributed by atoms with E-state index in [2.05, 4.69) is 9.97 Å². The number of nitrogens with two attached hydrogens (primary N) is 1. The molecule has 0 amide bonds. The Morgan fingerprint density at radius 3 is 3.00 bits per heavy atom. The van der Waals surface area contributed by atoms with E-state index in [0.717, 1.165) is 28.4 Å². The molecule has 1 aromatic carbocycles. The van der Waals surface area contributed by atoms with Crippen LogP contribution in [0.4, 0.5) is 0 Å². The average molecular weight is 264 g/mol. The highest BCUT2D eigenvalue weighted by Gasteiger charge is 2.14. The van der Waals surface area contributed by atoms with Crippen molar-refractivity contribution in [3.63, 3.8) is 0 Å². The number of H-pyrrole nitrogens is 1. The Morgan fingerprint density at radius 1 is 1.61 bits per heavy atom. The standard InChI is InChI=1S/C12H16N4OS/c1-3-10(11(13)14)18-12-15-8-5-4-7(17-2)6-9(8)16-12/h4-6,10H,3H2,1-2H3,(H3,13,14)(H,15,16). The number of aromatic amines is 1. The highest BCUT2D eigenvalue weighted by molar-refractivity contribution is 8.00. The van der Waals surface area contributed by atoms with E-state index in [1.54, 1.807) is 7.11 Å². The minimum Gasteiger partial charge on any atom is -0.497 e. The van der Waals surface area contributed by atoms with Gasteiger partial charge in [0.15, 0.2) is 5.16 Å². The summed E-state index contributed by atoms with van der Waals surface area (Å²) >= 11 is 1.48. The van der Waals surface area contributed by atoms with E-state index in [9.17, 15) is 0 Å². The van der Waals surface area contributed by atoms with Gasteiger partial charge in [0.1, 0.15) is 11.6 Å². The lowest BCUT2D eigenvalue weighted by Gasteiger charge is -2.09. The van der Waals surface area contributed by atoms with Crippen molar-refractivity contribution in [2.45, 2.75) is 23.8 Å². The Balaban J connectivity index is 2.27. The molecule has 0 aliphatic rings. The molecule has 1 heterocycles. The Kier molecular flexibility index (Phi) is 3.76. The molecule has 1 atom stereocenters. The zero-order valence-electron chi connectivity index (χ0n) is 10.4. The number of fused-ring (bicyclic) bond motifs is 1. The number of rotatable bonds is 5. The van der Waals surface area contributed by atoms with Crippen molar-refractivity contribution in [2.24, 2.45) is 5.73 Å². The van der Waals surface area contributed by atoms with Crippen LogP contribution in [0.25, 0.3) is 11.0 Å². The summed E-state index contributed by atoms with van der Waals surface area (Å²) < 4.78 is 5.16. The molecule has 18 heavy (non-hydrogen) atoms. The quantitative estimate of drug-likeness (QED) is 0.439. The van der Waals surface area contributed by atoms with Gasteiger partial charge in [-0.05, 0) is 18.6 Å². The number of amidine groups is 1. The second-order valence-electron chi connectivity index (χ2n) is 3.90. The van der Waals surface area contributed by atoms with E-state index < -0.39 is 0 Å². The van der Waals surface area contributed by atoms with Gasteiger partial charge in [-0.15, -0.1) is 0 Å². The number of thioether (sulfide) groups is 1. The number of nitrogens with one attached hydrogen (secondary N) is 2. The van der Waals surface area contributed by atoms with E-state index >= 15 is 0 Å². The van der Waals surface area contributed by atoms with Gasteiger partial charge in [0.05, 0.1) is 23.4 Å². The largest absolute Gasteiger partial charge is 0.497 e. The molecule has 0 saturated heterocycles. The fraction of sp³-hybridized carbons (Fsp3) is 0.333. The molecule has 5 nitrogen and oxygen atoms in total. The van der Waals surface area contributed by atoms with E-state index in [1.807, 2.05) is 25.1 Å². The number of hydrogen-bond acceptors (Lipinski definition) is 4. The Morgan fingerprint density at radius 2 is 2.39 bits per heavy atom. The monoisotopic (exact) mass is 264 g/mol. The highest BCUT2D eigenvalue weighted by atomic mass is 32.2. The number of imidazole rings is 1. The third kappa shape index (κ3) is 2.59. The molecule has 1 unspecified atom stereocenters. The third-order valence-electron chi connectivity index (χ3n) is 2.64. The normalized spacial score (nSPS) is 12.6. The Hall–Kier alpha value is -1.69. The molecular weight excluding hydrogens is 248 g/mol. The zero-order chi connectivity index (χ0) is 13.1. The van der Waals surface area contributed by atoms with Crippen LogP contribution in [-0.4, -0.2) is 28.2 Å². The Labute approximate surface area is 110 Å². The van der Waals surface area contributed by atoms with Gasteiger partial charge in [0, 0.05) is 6.07 Å². The maximum atomic E-state index is 7.49. The van der Waals surface area contributed by atoms with E-state index in [-0.39, 0.29) is 11.1 Å². The first kappa shape index (κ1) is 12.8. The van der Waals surface area contributed by atoms with Gasteiger partial charge in [0.2, 0.25) is 0 Å². The van der Waals surface area contributed by atoms with E-state index in [0.29, 0.717) is 0 Å². The van der Waals surface area contributed by atoms with Gasteiger partial charge < -0.3 is 15.5 Å². The minimum atomic E-state index is -0.0348. The average Bonchev–Trinajstić information content (AvgIpc) is 2.76. The molecule has 0 bridgehead atoms. The maximum Gasteiger partial charge on any atom is 0.167 e. The predicted molar refractivity (Wildman–Crippen MR) is 74.5 cm³/mol. The van der Waals surface area contributed by atoms with Crippen LogP contribution in [0, 0.1) is 5.41 Å². The molecular formula is C12H16N4OS. The van der Waals surface area contributed by atoms with Gasteiger partial charge >= 0.3 is 0 Å². The van der Waals surface area contributed by atoms with Crippen LogP contribution >= 0.6 is 11.8 Å². The molecule has 0 radical (unpaired) electrons. The lowest BCUT2D eigenvalue weighted by atomic mass is 10.3. The van der Waals surface area contributed by atoms with Crippen LogP contribution in [0.5, 0.6) is 5.75 Å². The second kappa shape index (κ2) is 5.30. The summed E-state index contributed by atoms with van der Waals surface area (Å²) in [4.78, 5) is 7.67. The number of aromatic nitrogens is 2. The van der Waals surface area contributed by atoms with Crippen LogP contribution in [0.3, 0.4) is 0 Å². The third-order valence-corrected chi connectivity index (χ3v) is 3.93. The Bertz CT molecular complexity index is 566. The fourth-order valence-corrected chi connectivity index (χ4v) is 2.53. The first-order valence-corrected chi connectivity index (χ1v) is 6.56. The molecule has 0 aliphatic carbocycles. The van der Waals surface area contributed by atoms with Crippen LogP contribution in [0.15, 0.2) is 23.4 Å². The number of ether oxygens (including phenoxy) is 1.